The van der Waals surface area contributed by atoms with E-state index in [0.717, 1.165) is 11.1 Å². The predicted molar refractivity (Wildman–Crippen MR) is 106 cm³/mol. The number of hydrogen-bond acceptors (Lipinski definition) is 6. The van der Waals surface area contributed by atoms with E-state index in [0.29, 0.717) is 24.9 Å². The Balaban J connectivity index is 1.36. The van der Waals surface area contributed by atoms with Gasteiger partial charge in [0.1, 0.15) is 5.60 Å². The Bertz CT molecular complexity index is 1050. The number of hydrogen-bond donors (Lipinski definition) is 0. The Morgan fingerprint density at radius 2 is 2.17 bits per heavy atom. The van der Waals surface area contributed by atoms with Crippen LogP contribution in [-0.2, 0) is 27.4 Å². The molecule has 3 aliphatic rings. The summed E-state index contributed by atoms with van der Waals surface area (Å²) in [6.07, 6.45) is 3.52. The minimum absolute atomic E-state index is 0.0243. The van der Waals surface area contributed by atoms with E-state index in [1.54, 1.807) is 18.9 Å². The maximum atomic E-state index is 13.4. The van der Waals surface area contributed by atoms with Gasteiger partial charge >= 0.3 is 0 Å². The molecule has 0 aliphatic carbocycles. The maximum absolute atomic E-state index is 13.4. The van der Waals surface area contributed by atoms with E-state index >= 15 is 0 Å². The first-order valence-electron chi connectivity index (χ1n) is 10.1. The number of aryl methyl sites for hydroxylation is 2. The van der Waals surface area contributed by atoms with Gasteiger partial charge in [-0.05, 0) is 12.5 Å². The van der Waals surface area contributed by atoms with Crippen LogP contribution in [0, 0.1) is 25.7 Å². The molecule has 2 fully saturated rings. The molecule has 0 radical (unpaired) electrons. The molecule has 5 rings (SSSR count). The summed E-state index contributed by atoms with van der Waals surface area (Å²) in [6.45, 7) is 4.92. The molecule has 2 saturated heterocycles. The number of fused-ring (bicyclic) bond motifs is 1. The zero-order valence-electron chi connectivity index (χ0n) is 17.2. The third kappa shape index (κ3) is 2.94. The van der Waals surface area contributed by atoms with Crippen LogP contribution in [0.1, 0.15) is 22.9 Å². The van der Waals surface area contributed by atoms with Crippen LogP contribution in [-0.4, -0.2) is 57.1 Å². The molecule has 4 atom stereocenters. The summed E-state index contributed by atoms with van der Waals surface area (Å²) in [4.78, 5) is 30.0. The van der Waals surface area contributed by atoms with Crippen LogP contribution in [0.3, 0.4) is 0 Å². The highest BCUT2D eigenvalue weighted by Crippen LogP contribution is 2.52. The molecule has 2 amide bonds. The molecule has 3 aliphatic heterocycles. The zero-order chi connectivity index (χ0) is 21.0. The van der Waals surface area contributed by atoms with E-state index in [-0.39, 0.29) is 24.5 Å². The number of rotatable bonds is 5. The van der Waals surface area contributed by atoms with Crippen molar-refractivity contribution in [3.8, 4) is 0 Å². The predicted octanol–water partition coefficient (Wildman–Crippen LogP) is 1.63. The van der Waals surface area contributed by atoms with Crippen LogP contribution in [0.25, 0.3) is 0 Å². The van der Waals surface area contributed by atoms with Crippen molar-refractivity contribution in [3.63, 3.8) is 0 Å². The van der Waals surface area contributed by atoms with Gasteiger partial charge in [-0.25, -0.2) is 0 Å². The summed E-state index contributed by atoms with van der Waals surface area (Å²) in [5, 5.41) is 7.76. The van der Waals surface area contributed by atoms with Crippen LogP contribution >= 0.6 is 0 Å². The van der Waals surface area contributed by atoms with Gasteiger partial charge < -0.3 is 19.0 Å². The molecule has 156 valence electrons. The third-order valence-corrected chi connectivity index (χ3v) is 6.24. The molecule has 2 bridgehead atoms. The second kappa shape index (κ2) is 6.77. The van der Waals surface area contributed by atoms with Gasteiger partial charge in [0.25, 0.3) is 0 Å². The van der Waals surface area contributed by atoms with Crippen molar-refractivity contribution in [2.24, 2.45) is 11.8 Å². The number of carbonyl (C=O) groups is 2. The van der Waals surface area contributed by atoms with Gasteiger partial charge in [0, 0.05) is 20.5 Å². The van der Waals surface area contributed by atoms with Gasteiger partial charge in [-0.2, -0.15) is 0 Å². The van der Waals surface area contributed by atoms with Crippen LogP contribution < -0.4 is 0 Å². The third-order valence-electron chi connectivity index (χ3n) is 6.24. The molecule has 2 aromatic rings. The van der Waals surface area contributed by atoms with Gasteiger partial charge in [0.15, 0.2) is 0 Å². The topological polar surface area (TPSA) is 88.8 Å². The van der Waals surface area contributed by atoms with Crippen LogP contribution in [0.15, 0.2) is 40.8 Å². The van der Waals surface area contributed by atoms with E-state index < -0.39 is 17.4 Å². The smallest absolute Gasteiger partial charge is 0.235 e. The van der Waals surface area contributed by atoms with Gasteiger partial charge in [-0.3, -0.25) is 9.59 Å². The number of amides is 2. The molecule has 0 N–H and O–H groups in total. The largest absolute Gasteiger partial charge is 0.424 e. The lowest BCUT2D eigenvalue weighted by atomic mass is 9.76. The molecule has 0 saturated carbocycles. The standard InChI is InChI=1S/C22H24N4O4/c1-13-5-4-6-15(9-13)10-26-12-22-8-7-16(30-22)18(19(22)21(26)28)20(27)25(3)11-17-24-23-14(2)29-17/h4-9,16,18-19H,10-12H2,1-3H3/t16-,18+,19+,22-/m0/s1. The summed E-state index contributed by atoms with van der Waals surface area (Å²) >= 11 is 0. The van der Waals surface area contributed by atoms with Crippen LogP contribution in [0.2, 0.25) is 0 Å². The Labute approximate surface area is 174 Å². The fourth-order valence-electron chi connectivity index (χ4n) is 4.96. The Morgan fingerprint density at radius 3 is 2.90 bits per heavy atom. The monoisotopic (exact) mass is 408 g/mol. The molecule has 1 aromatic heterocycles. The number of likely N-dealkylation sites (tertiary alicyclic amines) is 1. The molecule has 1 aromatic carbocycles. The maximum Gasteiger partial charge on any atom is 0.235 e. The Morgan fingerprint density at radius 1 is 1.33 bits per heavy atom. The summed E-state index contributed by atoms with van der Waals surface area (Å²) < 4.78 is 11.6. The second-order valence-corrected chi connectivity index (χ2v) is 8.49. The van der Waals surface area contributed by atoms with E-state index in [4.69, 9.17) is 9.15 Å². The highest BCUT2D eigenvalue weighted by atomic mass is 16.5. The van der Waals surface area contributed by atoms with Gasteiger partial charge in [0.2, 0.25) is 23.6 Å². The highest BCUT2D eigenvalue weighted by molar-refractivity contribution is 5.93. The van der Waals surface area contributed by atoms with Gasteiger partial charge in [-0.15, -0.1) is 10.2 Å². The Kier molecular flexibility index (Phi) is 4.28. The average Bonchev–Trinajstić information content (AvgIpc) is 3.44. The number of ether oxygens (including phenoxy) is 1. The lowest BCUT2D eigenvalue weighted by Crippen LogP contribution is -2.44. The van der Waals surface area contributed by atoms with Crippen LogP contribution in [0.4, 0.5) is 0 Å². The molecule has 4 heterocycles. The fourth-order valence-corrected chi connectivity index (χ4v) is 4.96. The number of carbonyl (C=O) groups excluding carboxylic acids is 2. The average molecular weight is 408 g/mol. The second-order valence-electron chi connectivity index (χ2n) is 8.49. The first kappa shape index (κ1) is 19.0. The summed E-state index contributed by atoms with van der Waals surface area (Å²) in [5.74, 6) is -0.387. The SMILES string of the molecule is Cc1cccc(CN2C[C@]34C=C[C@H](O3)[C@@H](C(=O)N(C)Cc3nnc(C)o3)[C@@H]4C2=O)c1. The van der Waals surface area contributed by atoms with Crippen molar-refractivity contribution in [1.29, 1.82) is 0 Å². The zero-order valence-corrected chi connectivity index (χ0v) is 17.2. The van der Waals surface area contributed by atoms with Crippen molar-refractivity contribution in [3.05, 3.63) is 59.3 Å². The molecule has 0 unspecified atom stereocenters. The summed E-state index contributed by atoms with van der Waals surface area (Å²) in [7, 11) is 1.69. The van der Waals surface area contributed by atoms with E-state index in [1.807, 2.05) is 42.2 Å². The molecule has 8 nitrogen and oxygen atoms in total. The number of nitrogens with zero attached hydrogens (tertiary/aromatic N) is 4. The highest BCUT2D eigenvalue weighted by Gasteiger charge is 2.67. The molecule has 1 spiro atoms. The molecule has 30 heavy (non-hydrogen) atoms. The molecule has 8 heteroatoms. The summed E-state index contributed by atoms with van der Waals surface area (Å²) in [5.41, 5.74) is 1.51. The van der Waals surface area contributed by atoms with Crippen LogP contribution in [0.5, 0.6) is 0 Å². The normalized spacial score (nSPS) is 29.0. The molecular formula is C22H24N4O4. The molecular weight excluding hydrogens is 384 g/mol. The van der Waals surface area contributed by atoms with Crippen molar-refractivity contribution in [2.75, 3.05) is 13.6 Å². The lowest BCUT2D eigenvalue weighted by molar-refractivity contribution is -0.143. The first-order chi connectivity index (χ1) is 14.4. The van der Waals surface area contributed by atoms with E-state index in [9.17, 15) is 9.59 Å². The summed E-state index contributed by atoms with van der Waals surface area (Å²) in [6, 6.07) is 8.12. The minimum atomic E-state index is -0.714. The number of benzene rings is 1. The van der Waals surface area contributed by atoms with Gasteiger partial charge in [0.05, 0.1) is 31.0 Å². The quantitative estimate of drug-likeness (QED) is 0.699. The van der Waals surface area contributed by atoms with E-state index in [1.165, 1.54) is 0 Å². The van der Waals surface area contributed by atoms with E-state index in [2.05, 4.69) is 16.3 Å². The number of aromatic nitrogens is 2. The lowest BCUT2D eigenvalue weighted by Gasteiger charge is -2.27. The van der Waals surface area contributed by atoms with Crippen molar-refractivity contribution < 1.29 is 18.7 Å². The Hall–Kier alpha value is -3.00. The minimum Gasteiger partial charge on any atom is -0.424 e. The first-order valence-corrected chi connectivity index (χ1v) is 10.1. The fraction of sp³-hybridized carbons (Fsp3) is 0.455. The van der Waals surface area contributed by atoms with Crippen molar-refractivity contribution in [1.82, 2.24) is 20.0 Å². The van der Waals surface area contributed by atoms with Crippen molar-refractivity contribution in [2.45, 2.75) is 38.6 Å². The van der Waals surface area contributed by atoms with Gasteiger partial charge in [-0.1, -0.05) is 42.0 Å². The van der Waals surface area contributed by atoms with Crippen molar-refractivity contribution >= 4 is 11.8 Å².